The van der Waals surface area contributed by atoms with Crippen LogP contribution in [-0.2, 0) is 9.53 Å². The summed E-state index contributed by atoms with van der Waals surface area (Å²) in [6, 6.07) is 2.80. The first kappa shape index (κ1) is 17.7. The average Bonchev–Trinajstić information content (AvgIpc) is 2.46. The molecule has 8 nitrogen and oxygen atoms in total. The van der Waals surface area contributed by atoms with Gasteiger partial charge in [0.25, 0.3) is 0 Å². The Morgan fingerprint density at radius 1 is 1.32 bits per heavy atom. The van der Waals surface area contributed by atoms with Crippen LogP contribution in [0.25, 0.3) is 0 Å². The first-order valence-corrected chi connectivity index (χ1v) is 6.50. The van der Waals surface area contributed by atoms with Crippen LogP contribution in [-0.4, -0.2) is 37.3 Å². The number of carboxylic acid groups (broad SMARTS) is 1. The number of hydrogen-bond donors (Lipinski definition) is 1. The fourth-order valence-electron chi connectivity index (χ4n) is 2.34. The van der Waals surface area contributed by atoms with Crippen molar-refractivity contribution >= 4 is 11.7 Å². The van der Waals surface area contributed by atoms with E-state index in [0.717, 1.165) is 0 Å². The van der Waals surface area contributed by atoms with E-state index in [1.807, 2.05) is 0 Å². The zero-order valence-electron chi connectivity index (χ0n) is 12.9. The maximum absolute atomic E-state index is 11.2. The van der Waals surface area contributed by atoms with Crippen molar-refractivity contribution in [1.82, 2.24) is 0 Å². The maximum Gasteiger partial charge on any atom is 0.315 e. The molecule has 0 bridgehead atoms. The Morgan fingerprint density at radius 3 is 2.36 bits per heavy atom. The first-order valence-electron chi connectivity index (χ1n) is 6.50. The Bertz CT molecular complexity index is 558. The minimum Gasteiger partial charge on any atom is -0.496 e. The number of hydrogen-bond acceptors (Lipinski definition) is 6. The molecule has 0 unspecified atom stereocenters. The topological polar surface area (TPSA) is 108 Å². The molecule has 1 aromatic rings. The van der Waals surface area contributed by atoms with Crippen molar-refractivity contribution in [3.05, 3.63) is 27.8 Å². The molecule has 0 spiro atoms. The number of methoxy groups -OCH3 is 3. The van der Waals surface area contributed by atoms with Crippen LogP contribution < -0.4 is 9.47 Å². The number of benzene rings is 1. The van der Waals surface area contributed by atoms with Gasteiger partial charge in [-0.3, -0.25) is 14.9 Å². The Kier molecular flexibility index (Phi) is 6.11. The lowest BCUT2D eigenvalue weighted by Crippen LogP contribution is -2.17. The third-order valence-electron chi connectivity index (χ3n) is 3.28. The lowest BCUT2D eigenvalue weighted by molar-refractivity contribution is -0.385. The van der Waals surface area contributed by atoms with Crippen molar-refractivity contribution in [2.45, 2.75) is 19.4 Å². The van der Waals surface area contributed by atoms with Crippen LogP contribution in [0.5, 0.6) is 11.5 Å². The van der Waals surface area contributed by atoms with Gasteiger partial charge in [-0.15, -0.1) is 0 Å². The highest BCUT2D eigenvalue weighted by Gasteiger charge is 2.30. The fraction of sp³-hybridized carbons (Fsp3) is 0.500. The van der Waals surface area contributed by atoms with Crippen molar-refractivity contribution in [2.24, 2.45) is 5.92 Å². The quantitative estimate of drug-likeness (QED) is 0.580. The summed E-state index contributed by atoms with van der Waals surface area (Å²) in [5, 5.41) is 20.1. The number of rotatable bonds is 8. The molecule has 1 rings (SSSR count). The van der Waals surface area contributed by atoms with Gasteiger partial charge in [-0.1, -0.05) is 6.92 Å². The molecular weight excluding hydrogens is 294 g/mol. The second kappa shape index (κ2) is 7.60. The van der Waals surface area contributed by atoms with Crippen LogP contribution in [0.3, 0.4) is 0 Å². The molecule has 0 heterocycles. The van der Waals surface area contributed by atoms with Crippen LogP contribution in [0.4, 0.5) is 5.69 Å². The Hall–Kier alpha value is -2.35. The SMILES string of the molecule is COc1cc([C@H](OC)[C@@H](C)CC(=O)O)c(OC)c([N+](=O)[O-])c1. The molecule has 2 atom stereocenters. The lowest BCUT2D eigenvalue weighted by atomic mass is 9.93. The van der Waals surface area contributed by atoms with E-state index in [1.54, 1.807) is 13.0 Å². The van der Waals surface area contributed by atoms with Crippen molar-refractivity contribution in [3.8, 4) is 11.5 Å². The van der Waals surface area contributed by atoms with E-state index < -0.39 is 22.9 Å². The van der Waals surface area contributed by atoms with Crippen molar-refractivity contribution in [2.75, 3.05) is 21.3 Å². The van der Waals surface area contributed by atoms with E-state index in [9.17, 15) is 14.9 Å². The van der Waals surface area contributed by atoms with Gasteiger partial charge in [0.1, 0.15) is 5.75 Å². The van der Waals surface area contributed by atoms with Crippen LogP contribution in [0.15, 0.2) is 12.1 Å². The van der Waals surface area contributed by atoms with Crippen LogP contribution in [0.1, 0.15) is 25.0 Å². The number of ether oxygens (including phenoxy) is 3. The molecule has 0 aromatic heterocycles. The van der Waals surface area contributed by atoms with E-state index in [-0.39, 0.29) is 23.6 Å². The monoisotopic (exact) mass is 313 g/mol. The smallest absolute Gasteiger partial charge is 0.315 e. The molecule has 122 valence electrons. The molecule has 0 aliphatic carbocycles. The molecular formula is C14H19NO7. The lowest BCUT2D eigenvalue weighted by Gasteiger charge is -2.24. The summed E-state index contributed by atoms with van der Waals surface area (Å²) >= 11 is 0. The summed E-state index contributed by atoms with van der Waals surface area (Å²) in [6.07, 6.45) is -0.827. The van der Waals surface area contributed by atoms with Gasteiger partial charge in [-0.25, -0.2) is 0 Å². The van der Waals surface area contributed by atoms with Crippen molar-refractivity contribution < 1.29 is 29.0 Å². The third-order valence-corrected chi connectivity index (χ3v) is 3.28. The number of nitrogens with zero attached hydrogens (tertiary/aromatic N) is 1. The minimum atomic E-state index is -0.981. The molecule has 0 radical (unpaired) electrons. The van der Waals surface area contributed by atoms with Gasteiger partial charge >= 0.3 is 11.7 Å². The summed E-state index contributed by atoms with van der Waals surface area (Å²) in [5.74, 6) is -1.09. The van der Waals surface area contributed by atoms with Gasteiger partial charge in [0.05, 0.1) is 37.7 Å². The highest BCUT2D eigenvalue weighted by atomic mass is 16.6. The molecule has 22 heavy (non-hydrogen) atoms. The average molecular weight is 313 g/mol. The zero-order valence-corrected chi connectivity index (χ0v) is 12.9. The standard InChI is InChI=1S/C14H19NO7/c1-8(5-12(16)17)13(21-3)10-6-9(20-2)7-11(15(18)19)14(10)22-4/h6-8,13H,5H2,1-4H3,(H,16,17)/t8-,13+/m0/s1. The van der Waals surface area contributed by atoms with E-state index in [2.05, 4.69) is 0 Å². The molecule has 1 aromatic carbocycles. The summed E-state index contributed by atoms with van der Waals surface area (Å²) in [7, 11) is 4.11. The molecule has 0 aliphatic rings. The van der Waals surface area contributed by atoms with E-state index in [4.69, 9.17) is 19.3 Å². The Balaban J connectivity index is 3.43. The Labute approximate surface area is 127 Å². The summed E-state index contributed by atoms with van der Waals surface area (Å²) in [4.78, 5) is 21.5. The largest absolute Gasteiger partial charge is 0.496 e. The van der Waals surface area contributed by atoms with Gasteiger partial charge in [0.15, 0.2) is 0 Å². The Morgan fingerprint density at radius 2 is 1.95 bits per heavy atom. The number of nitro benzene ring substituents is 1. The second-order valence-corrected chi connectivity index (χ2v) is 4.76. The minimum absolute atomic E-state index is 0.0369. The third kappa shape index (κ3) is 3.85. The highest BCUT2D eigenvalue weighted by molar-refractivity contribution is 5.67. The van der Waals surface area contributed by atoms with E-state index >= 15 is 0 Å². The predicted octanol–water partition coefficient (Wildman–Crippen LogP) is 2.41. The van der Waals surface area contributed by atoms with Gasteiger partial charge < -0.3 is 19.3 Å². The van der Waals surface area contributed by atoms with Crippen LogP contribution in [0.2, 0.25) is 0 Å². The van der Waals surface area contributed by atoms with Gasteiger partial charge in [-0.2, -0.15) is 0 Å². The molecule has 0 amide bonds. The van der Waals surface area contributed by atoms with E-state index in [0.29, 0.717) is 5.56 Å². The summed E-state index contributed by atoms with van der Waals surface area (Å²) in [5.41, 5.74) is 0.117. The number of aliphatic carboxylic acids is 1. The summed E-state index contributed by atoms with van der Waals surface area (Å²) < 4.78 is 15.6. The predicted molar refractivity (Wildman–Crippen MR) is 77.4 cm³/mol. The molecule has 1 N–H and O–H groups in total. The van der Waals surface area contributed by atoms with Crippen LogP contribution in [0, 0.1) is 16.0 Å². The summed E-state index contributed by atoms with van der Waals surface area (Å²) in [6.45, 7) is 1.69. The maximum atomic E-state index is 11.2. The zero-order chi connectivity index (χ0) is 16.9. The van der Waals surface area contributed by atoms with Crippen LogP contribution >= 0.6 is 0 Å². The van der Waals surface area contributed by atoms with E-state index in [1.165, 1.54) is 27.4 Å². The number of nitro groups is 1. The molecule has 0 aliphatic heterocycles. The van der Waals surface area contributed by atoms with Gasteiger partial charge in [-0.05, 0) is 12.0 Å². The van der Waals surface area contributed by atoms with Gasteiger partial charge in [0, 0.05) is 12.7 Å². The van der Waals surface area contributed by atoms with Gasteiger partial charge in [0.2, 0.25) is 5.75 Å². The normalized spacial score (nSPS) is 13.3. The highest BCUT2D eigenvalue weighted by Crippen LogP contribution is 2.42. The fourth-order valence-corrected chi connectivity index (χ4v) is 2.34. The molecule has 8 heteroatoms. The second-order valence-electron chi connectivity index (χ2n) is 4.76. The molecule has 0 saturated carbocycles. The van der Waals surface area contributed by atoms with Crippen molar-refractivity contribution in [3.63, 3.8) is 0 Å². The molecule has 0 fully saturated rings. The number of carboxylic acids is 1. The molecule has 0 saturated heterocycles. The number of carbonyl (C=O) groups is 1. The first-order chi connectivity index (χ1) is 10.3. The van der Waals surface area contributed by atoms with Crippen molar-refractivity contribution in [1.29, 1.82) is 0 Å².